The summed E-state index contributed by atoms with van der Waals surface area (Å²) in [6.45, 7) is 5.11. The number of aliphatic hydroxyl groups excluding tert-OH is 1. The predicted molar refractivity (Wildman–Crippen MR) is 144 cm³/mol. The average molecular weight is 559 g/mol. The number of anilines is 1. The molecule has 0 fully saturated rings. The van der Waals surface area contributed by atoms with Gasteiger partial charge in [-0.25, -0.2) is 4.98 Å². The maximum absolute atomic E-state index is 13.2. The van der Waals surface area contributed by atoms with Gasteiger partial charge in [0.25, 0.3) is 5.91 Å². The number of aliphatic carboxylic acids is 1. The van der Waals surface area contributed by atoms with Crippen LogP contribution in [0, 0.1) is 6.92 Å². The van der Waals surface area contributed by atoms with Crippen LogP contribution < -0.4 is 15.8 Å². The van der Waals surface area contributed by atoms with Gasteiger partial charge in [-0.3, -0.25) is 24.4 Å². The number of imidazole rings is 1. The molecule has 2 heterocycles. The van der Waals surface area contributed by atoms with Crippen molar-refractivity contribution in [1.29, 1.82) is 0 Å². The number of fused-ring (bicyclic) bond motifs is 1. The number of aryl methyl sites for hydroxylation is 2. The number of rotatable bonds is 17. The van der Waals surface area contributed by atoms with Gasteiger partial charge in [0.2, 0.25) is 11.9 Å². The van der Waals surface area contributed by atoms with Gasteiger partial charge in [-0.2, -0.15) is 5.10 Å². The highest BCUT2D eigenvalue weighted by molar-refractivity contribution is 6.04. The van der Waals surface area contributed by atoms with Gasteiger partial charge in [0, 0.05) is 18.7 Å². The number of carboxylic acids is 1. The molecule has 3 aromatic rings. The molecule has 0 bridgehead atoms. The molecule has 5 N–H and O–H groups in total. The Labute approximate surface area is 230 Å². The highest BCUT2D eigenvalue weighted by atomic mass is 16.5. The number of nitrogens with one attached hydrogen (secondary N) is 1. The van der Waals surface area contributed by atoms with Gasteiger partial charge in [0.05, 0.1) is 50.7 Å². The van der Waals surface area contributed by atoms with Gasteiger partial charge in [-0.05, 0) is 32.0 Å². The molecule has 0 radical (unpaired) electrons. The van der Waals surface area contributed by atoms with Gasteiger partial charge >= 0.3 is 5.97 Å². The number of amides is 2. The molecule has 0 aliphatic carbocycles. The van der Waals surface area contributed by atoms with Crippen LogP contribution in [0.2, 0.25) is 0 Å². The second kappa shape index (κ2) is 14.8. The molecule has 14 heteroatoms. The van der Waals surface area contributed by atoms with E-state index in [0.717, 1.165) is 0 Å². The van der Waals surface area contributed by atoms with Crippen molar-refractivity contribution in [1.82, 2.24) is 19.3 Å². The van der Waals surface area contributed by atoms with Crippen LogP contribution in [0.15, 0.2) is 30.4 Å². The van der Waals surface area contributed by atoms with E-state index in [0.29, 0.717) is 34.7 Å². The van der Waals surface area contributed by atoms with E-state index >= 15 is 0 Å². The summed E-state index contributed by atoms with van der Waals surface area (Å²) in [4.78, 5) is 40.2. The molecular formula is C26H34N6O8. The minimum Gasteiger partial charge on any atom is -0.489 e. The van der Waals surface area contributed by atoms with E-state index in [1.807, 2.05) is 6.92 Å². The molecule has 0 saturated heterocycles. The van der Waals surface area contributed by atoms with Crippen molar-refractivity contribution < 1.29 is 38.8 Å². The molecule has 40 heavy (non-hydrogen) atoms. The van der Waals surface area contributed by atoms with Crippen LogP contribution in [0.5, 0.6) is 5.75 Å². The maximum atomic E-state index is 13.2. The average Bonchev–Trinajstić information content (AvgIpc) is 3.47. The Kier molecular flexibility index (Phi) is 11.2. The number of carbonyl (C=O) groups is 3. The van der Waals surface area contributed by atoms with E-state index in [1.54, 1.807) is 34.4 Å². The first-order valence-electron chi connectivity index (χ1n) is 12.7. The van der Waals surface area contributed by atoms with Crippen LogP contribution in [0.1, 0.15) is 39.9 Å². The Morgan fingerprint density at radius 1 is 1.07 bits per heavy atom. The van der Waals surface area contributed by atoms with Crippen LogP contribution >= 0.6 is 0 Å². The lowest BCUT2D eigenvalue weighted by atomic mass is 10.1. The van der Waals surface area contributed by atoms with Crippen LogP contribution in [0.25, 0.3) is 11.0 Å². The number of hydrogen-bond donors (Lipinski definition) is 4. The highest BCUT2D eigenvalue weighted by Crippen LogP contribution is 2.31. The molecule has 0 atom stereocenters. The number of hydrogen-bond acceptors (Lipinski definition) is 9. The fourth-order valence-electron chi connectivity index (χ4n) is 3.84. The largest absolute Gasteiger partial charge is 0.489 e. The third-order valence-electron chi connectivity index (χ3n) is 5.63. The lowest BCUT2D eigenvalue weighted by molar-refractivity contribution is -0.138. The van der Waals surface area contributed by atoms with Crippen molar-refractivity contribution in [2.24, 2.45) is 5.73 Å². The molecule has 2 amide bonds. The van der Waals surface area contributed by atoms with E-state index < -0.39 is 17.8 Å². The molecule has 216 valence electrons. The predicted octanol–water partition coefficient (Wildman–Crippen LogP) is 1.35. The van der Waals surface area contributed by atoms with E-state index in [2.05, 4.69) is 15.4 Å². The number of benzene rings is 1. The molecule has 2 aromatic heterocycles. The van der Waals surface area contributed by atoms with Crippen molar-refractivity contribution >= 4 is 34.8 Å². The monoisotopic (exact) mass is 558 g/mol. The van der Waals surface area contributed by atoms with Gasteiger partial charge < -0.3 is 34.7 Å². The molecule has 1 aromatic carbocycles. The summed E-state index contributed by atoms with van der Waals surface area (Å²) in [5, 5.41) is 25.0. The van der Waals surface area contributed by atoms with Gasteiger partial charge in [0.1, 0.15) is 23.6 Å². The Morgan fingerprint density at radius 3 is 2.48 bits per heavy atom. The van der Waals surface area contributed by atoms with Crippen LogP contribution in [0.4, 0.5) is 5.95 Å². The third-order valence-corrected chi connectivity index (χ3v) is 5.63. The number of carbonyl (C=O) groups excluding carboxylic acids is 2. The number of primary amides is 1. The van der Waals surface area contributed by atoms with Crippen molar-refractivity contribution in [2.45, 2.75) is 33.4 Å². The van der Waals surface area contributed by atoms with Crippen LogP contribution in [-0.4, -0.2) is 87.0 Å². The molecule has 0 unspecified atom stereocenters. The number of nitrogens with two attached hydrogens (primary N) is 1. The molecule has 0 aliphatic heterocycles. The van der Waals surface area contributed by atoms with Crippen molar-refractivity contribution in [3.05, 3.63) is 47.3 Å². The summed E-state index contributed by atoms with van der Waals surface area (Å²) in [7, 11) is 0. The molecular weight excluding hydrogens is 524 g/mol. The summed E-state index contributed by atoms with van der Waals surface area (Å²) in [6, 6.07) is 4.68. The second-order valence-corrected chi connectivity index (χ2v) is 8.56. The van der Waals surface area contributed by atoms with Crippen LogP contribution in [0.3, 0.4) is 0 Å². The fourth-order valence-corrected chi connectivity index (χ4v) is 3.84. The Bertz CT molecular complexity index is 1360. The van der Waals surface area contributed by atoms with E-state index in [1.165, 1.54) is 12.1 Å². The van der Waals surface area contributed by atoms with Crippen molar-refractivity contribution in [2.75, 3.05) is 45.0 Å². The summed E-state index contributed by atoms with van der Waals surface area (Å²) in [5.41, 5.74) is 7.64. The zero-order chi connectivity index (χ0) is 29.1. The van der Waals surface area contributed by atoms with Gasteiger partial charge in [0.15, 0.2) is 0 Å². The zero-order valence-corrected chi connectivity index (χ0v) is 22.5. The standard InChI is InChI=1S/C26H34N6O8/c1-3-32-20(14-17(2)30-32)25(37)29-26-28-19-15-18(24(27)36)16-21(23(19)31(26)7-4-5-8-33)40-13-12-39-11-10-38-9-6-22(34)35/h4-5,14-16,33H,3,6-13H2,1-2H3,(H2,27,36)(H,34,35)(H,28,29,37)/b5-4+. The van der Waals surface area contributed by atoms with Crippen LogP contribution in [-0.2, 0) is 27.4 Å². The van der Waals surface area contributed by atoms with E-state index in [-0.39, 0.29) is 64.1 Å². The summed E-state index contributed by atoms with van der Waals surface area (Å²) in [5.74, 6) is -1.53. The number of nitrogens with zero attached hydrogens (tertiary/aromatic N) is 4. The Balaban J connectivity index is 1.84. The van der Waals surface area contributed by atoms with Gasteiger partial charge in [-0.15, -0.1) is 0 Å². The smallest absolute Gasteiger partial charge is 0.305 e. The number of aliphatic hydroxyl groups is 1. The first-order chi connectivity index (χ1) is 19.2. The minimum absolute atomic E-state index is 0.0825. The molecule has 3 rings (SSSR count). The summed E-state index contributed by atoms with van der Waals surface area (Å²) >= 11 is 0. The van der Waals surface area contributed by atoms with E-state index in [4.69, 9.17) is 25.1 Å². The normalized spacial score (nSPS) is 11.4. The lowest BCUT2D eigenvalue weighted by Crippen LogP contribution is -2.20. The van der Waals surface area contributed by atoms with Crippen molar-refractivity contribution in [3.8, 4) is 5.75 Å². The highest BCUT2D eigenvalue weighted by Gasteiger charge is 2.21. The second-order valence-electron chi connectivity index (χ2n) is 8.56. The number of allylic oxidation sites excluding steroid dienone is 1. The third kappa shape index (κ3) is 8.11. The van der Waals surface area contributed by atoms with E-state index in [9.17, 15) is 19.5 Å². The summed E-state index contributed by atoms with van der Waals surface area (Å²) in [6.07, 6.45) is 3.18. The molecule has 0 spiro atoms. The SMILES string of the molecule is CCn1nc(C)cc1C(=O)Nc1nc2cc(C(N)=O)cc(OCCOCCOCCC(=O)O)c2n1C/C=C/CO. The molecule has 0 aliphatic rings. The number of ether oxygens (including phenoxy) is 3. The quantitative estimate of drug-likeness (QED) is 0.139. The molecule has 14 nitrogen and oxygen atoms in total. The first-order valence-corrected chi connectivity index (χ1v) is 12.7. The number of carboxylic acid groups (broad SMARTS) is 1. The maximum Gasteiger partial charge on any atom is 0.305 e. The van der Waals surface area contributed by atoms with Gasteiger partial charge in [-0.1, -0.05) is 12.2 Å². The van der Waals surface area contributed by atoms with Crippen molar-refractivity contribution in [3.63, 3.8) is 0 Å². The lowest BCUT2D eigenvalue weighted by Gasteiger charge is -2.13. The fraction of sp³-hybridized carbons (Fsp3) is 0.423. The first kappa shape index (κ1) is 30.3. The zero-order valence-electron chi connectivity index (χ0n) is 22.5. The molecule has 0 saturated carbocycles. The topological polar surface area (TPSA) is 193 Å². The Hall–Kier alpha value is -4.27. The Morgan fingerprint density at radius 2 is 1.80 bits per heavy atom. The summed E-state index contributed by atoms with van der Waals surface area (Å²) < 4.78 is 19.9. The number of aromatic nitrogens is 4. The minimum atomic E-state index is -0.935.